The topological polar surface area (TPSA) is 84.9 Å². The molecule has 1 N–H and O–H groups in total. The molecule has 0 aromatic heterocycles. The number of methoxy groups -OCH3 is 2. The number of carbonyl (C=O) groups is 1. The molecule has 7 nitrogen and oxygen atoms in total. The Morgan fingerprint density at radius 1 is 1.32 bits per heavy atom. The summed E-state index contributed by atoms with van der Waals surface area (Å²) in [4.78, 5) is 11.6. The van der Waals surface area contributed by atoms with Gasteiger partial charge < -0.3 is 14.8 Å². The predicted molar refractivity (Wildman–Crippen MR) is 82.6 cm³/mol. The number of benzene rings is 1. The van der Waals surface area contributed by atoms with Gasteiger partial charge in [0.05, 0.1) is 25.7 Å². The van der Waals surface area contributed by atoms with E-state index in [0.29, 0.717) is 11.5 Å². The van der Waals surface area contributed by atoms with Crippen molar-refractivity contribution in [3.63, 3.8) is 0 Å². The van der Waals surface area contributed by atoms with Crippen molar-refractivity contribution >= 4 is 15.9 Å². The Kier molecular flexibility index (Phi) is 6.39. The third-order valence-electron chi connectivity index (χ3n) is 2.87. The van der Waals surface area contributed by atoms with E-state index in [1.54, 1.807) is 0 Å². The number of nitrogens with zero attached hydrogens (tertiary/aromatic N) is 1. The van der Waals surface area contributed by atoms with Crippen molar-refractivity contribution in [3.05, 3.63) is 30.9 Å². The highest BCUT2D eigenvalue weighted by Gasteiger charge is 2.24. The zero-order valence-corrected chi connectivity index (χ0v) is 13.6. The van der Waals surface area contributed by atoms with Crippen molar-refractivity contribution < 1.29 is 22.7 Å². The van der Waals surface area contributed by atoms with E-state index in [2.05, 4.69) is 11.9 Å². The highest BCUT2D eigenvalue weighted by atomic mass is 32.2. The number of ether oxygens (including phenoxy) is 2. The van der Waals surface area contributed by atoms with Crippen LogP contribution in [0.4, 0.5) is 0 Å². The van der Waals surface area contributed by atoms with Gasteiger partial charge in [-0.05, 0) is 12.1 Å². The van der Waals surface area contributed by atoms with Gasteiger partial charge in [0.25, 0.3) is 0 Å². The molecule has 0 bridgehead atoms. The zero-order valence-electron chi connectivity index (χ0n) is 12.8. The van der Waals surface area contributed by atoms with Gasteiger partial charge in [0.15, 0.2) is 11.5 Å². The van der Waals surface area contributed by atoms with Crippen LogP contribution in [0.25, 0.3) is 0 Å². The van der Waals surface area contributed by atoms with Gasteiger partial charge in [0.2, 0.25) is 15.9 Å². The number of likely N-dealkylation sites (N-methyl/N-ethyl adjacent to an activating group) is 1. The van der Waals surface area contributed by atoms with Crippen LogP contribution in [0, 0.1) is 0 Å². The fourth-order valence-electron chi connectivity index (χ4n) is 1.69. The highest BCUT2D eigenvalue weighted by molar-refractivity contribution is 7.89. The summed E-state index contributed by atoms with van der Waals surface area (Å²) in [5.41, 5.74) is 0. The summed E-state index contributed by atoms with van der Waals surface area (Å²) < 4.78 is 36.0. The molecule has 1 amide bonds. The molecule has 1 aromatic rings. The van der Waals surface area contributed by atoms with Crippen molar-refractivity contribution in [1.82, 2.24) is 9.62 Å². The Labute approximate surface area is 130 Å². The summed E-state index contributed by atoms with van der Waals surface area (Å²) >= 11 is 0. The molecule has 0 heterocycles. The first-order valence-electron chi connectivity index (χ1n) is 6.42. The zero-order chi connectivity index (χ0) is 16.8. The molecule has 0 aliphatic rings. The molecule has 0 aliphatic carbocycles. The van der Waals surface area contributed by atoms with Crippen LogP contribution in [0.2, 0.25) is 0 Å². The van der Waals surface area contributed by atoms with Crippen LogP contribution in [0.1, 0.15) is 0 Å². The van der Waals surface area contributed by atoms with Crippen LogP contribution in [-0.4, -0.2) is 53.0 Å². The third-order valence-corrected chi connectivity index (χ3v) is 4.67. The second-order valence-corrected chi connectivity index (χ2v) is 6.42. The fraction of sp³-hybridized carbons (Fsp3) is 0.357. The minimum Gasteiger partial charge on any atom is -0.493 e. The van der Waals surface area contributed by atoms with Gasteiger partial charge in [-0.25, -0.2) is 8.42 Å². The lowest BCUT2D eigenvalue weighted by atomic mass is 10.3. The van der Waals surface area contributed by atoms with E-state index < -0.39 is 15.9 Å². The second kappa shape index (κ2) is 7.81. The van der Waals surface area contributed by atoms with Gasteiger partial charge in [-0.1, -0.05) is 6.08 Å². The van der Waals surface area contributed by atoms with Gasteiger partial charge in [0.1, 0.15) is 0 Å². The van der Waals surface area contributed by atoms with Crippen LogP contribution in [0.15, 0.2) is 35.7 Å². The number of hydrogen-bond acceptors (Lipinski definition) is 5. The standard InChI is InChI=1S/C14H20N2O5S/c1-5-8-15-14(17)10-16(2)22(18,19)11-6-7-12(20-3)13(9-11)21-4/h5-7,9H,1,8,10H2,2-4H3,(H,15,17). The third kappa shape index (κ3) is 4.22. The highest BCUT2D eigenvalue weighted by Crippen LogP contribution is 2.30. The van der Waals surface area contributed by atoms with Crippen LogP contribution in [-0.2, 0) is 14.8 Å². The van der Waals surface area contributed by atoms with Crippen LogP contribution in [0.3, 0.4) is 0 Å². The monoisotopic (exact) mass is 328 g/mol. The Morgan fingerprint density at radius 2 is 1.95 bits per heavy atom. The number of nitrogens with one attached hydrogen (secondary N) is 1. The SMILES string of the molecule is C=CCNC(=O)CN(C)S(=O)(=O)c1ccc(OC)c(OC)c1. The van der Waals surface area contributed by atoms with Gasteiger partial charge in [-0.3, -0.25) is 4.79 Å². The van der Waals surface area contributed by atoms with E-state index in [4.69, 9.17) is 9.47 Å². The molecule has 22 heavy (non-hydrogen) atoms. The number of sulfonamides is 1. The minimum absolute atomic E-state index is 0.0178. The van der Waals surface area contributed by atoms with E-state index >= 15 is 0 Å². The summed E-state index contributed by atoms with van der Waals surface area (Å²) in [7, 11) is 0.405. The van der Waals surface area contributed by atoms with E-state index in [-0.39, 0.29) is 18.0 Å². The molecule has 1 aromatic carbocycles. The molecule has 0 spiro atoms. The molecule has 8 heteroatoms. The summed E-state index contributed by atoms with van der Waals surface area (Å²) in [6.07, 6.45) is 1.51. The maximum Gasteiger partial charge on any atom is 0.243 e. The summed E-state index contributed by atoms with van der Waals surface area (Å²) in [6.45, 7) is 3.46. The first-order valence-corrected chi connectivity index (χ1v) is 7.86. The normalized spacial score (nSPS) is 11.1. The molecule has 0 unspecified atom stereocenters. The van der Waals surface area contributed by atoms with Crippen molar-refractivity contribution in [1.29, 1.82) is 0 Å². The lowest BCUT2D eigenvalue weighted by Crippen LogP contribution is -2.38. The molecule has 0 aliphatic heterocycles. The van der Waals surface area contributed by atoms with Crippen molar-refractivity contribution in [2.24, 2.45) is 0 Å². The fourth-order valence-corrected chi connectivity index (χ4v) is 2.83. The molecule has 0 saturated heterocycles. The van der Waals surface area contributed by atoms with Crippen LogP contribution in [0.5, 0.6) is 11.5 Å². The van der Waals surface area contributed by atoms with E-state index in [1.165, 1.54) is 45.5 Å². The minimum atomic E-state index is -3.81. The van der Waals surface area contributed by atoms with Crippen molar-refractivity contribution in [3.8, 4) is 11.5 Å². The first-order chi connectivity index (χ1) is 10.4. The Balaban J connectivity index is 2.98. The number of carbonyl (C=O) groups excluding carboxylic acids is 1. The lowest BCUT2D eigenvalue weighted by Gasteiger charge is -2.17. The Hall–Kier alpha value is -2.06. The molecular weight excluding hydrogens is 308 g/mol. The van der Waals surface area contributed by atoms with Crippen LogP contribution >= 0.6 is 0 Å². The van der Waals surface area contributed by atoms with Gasteiger partial charge in [-0.2, -0.15) is 4.31 Å². The number of amides is 1. The van der Waals surface area contributed by atoms with E-state index in [9.17, 15) is 13.2 Å². The Morgan fingerprint density at radius 3 is 2.50 bits per heavy atom. The van der Waals surface area contributed by atoms with E-state index in [0.717, 1.165) is 4.31 Å². The smallest absolute Gasteiger partial charge is 0.243 e. The van der Waals surface area contributed by atoms with Gasteiger partial charge in [-0.15, -0.1) is 6.58 Å². The number of rotatable bonds is 8. The molecule has 0 saturated carbocycles. The maximum atomic E-state index is 12.4. The summed E-state index contributed by atoms with van der Waals surface area (Å²) in [6, 6.07) is 4.25. The van der Waals surface area contributed by atoms with Crippen molar-refractivity contribution in [2.45, 2.75) is 4.90 Å². The van der Waals surface area contributed by atoms with Crippen LogP contribution < -0.4 is 14.8 Å². The summed E-state index contributed by atoms with van der Waals surface area (Å²) in [5.74, 6) is 0.312. The molecular formula is C14H20N2O5S. The summed E-state index contributed by atoms with van der Waals surface area (Å²) in [5, 5.41) is 2.52. The van der Waals surface area contributed by atoms with E-state index in [1.807, 2.05) is 0 Å². The first kappa shape index (κ1) is 18.0. The average Bonchev–Trinajstić information content (AvgIpc) is 2.51. The van der Waals surface area contributed by atoms with Gasteiger partial charge >= 0.3 is 0 Å². The second-order valence-electron chi connectivity index (χ2n) is 4.37. The Bertz CT molecular complexity index is 643. The van der Waals surface area contributed by atoms with Crippen molar-refractivity contribution in [2.75, 3.05) is 34.4 Å². The molecule has 0 fully saturated rings. The quantitative estimate of drug-likeness (QED) is 0.707. The molecule has 0 atom stereocenters. The maximum absolute atomic E-state index is 12.4. The molecule has 0 radical (unpaired) electrons. The number of hydrogen-bond donors (Lipinski definition) is 1. The predicted octanol–water partition coefficient (Wildman–Crippen LogP) is 0.627. The lowest BCUT2D eigenvalue weighted by molar-refractivity contribution is -0.120. The van der Waals surface area contributed by atoms with Gasteiger partial charge in [0, 0.05) is 19.7 Å². The average molecular weight is 328 g/mol. The molecule has 122 valence electrons. The molecule has 1 rings (SSSR count). The largest absolute Gasteiger partial charge is 0.493 e.